The van der Waals surface area contributed by atoms with E-state index in [2.05, 4.69) is 16.0 Å². The van der Waals surface area contributed by atoms with Crippen LogP contribution in [0.2, 0.25) is 0 Å². The molecular formula is C17H19N3O2. The number of nitrogens with one attached hydrogen (secondary N) is 3. The fraction of sp³-hybridized carbons (Fsp3) is 0.176. The molecule has 2 aromatic carbocycles. The van der Waals surface area contributed by atoms with Crippen LogP contribution in [0.25, 0.3) is 0 Å². The zero-order valence-corrected chi connectivity index (χ0v) is 12.4. The highest BCUT2D eigenvalue weighted by Crippen LogP contribution is 2.15. The fourth-order valence-electron chi connectivity index (χ4n) is 1.94. The Kier molecular flexibility index (Phi) is 5.54. The molecule has 0 aliphatic carbocycles. The summed E-state index contributed by atoms with van der Waals surface area (Å²) in [6.45, 7) is 2.68. The highest BCUT2D eigenvalue weighted by atomic mass is 16.2. The maximum Gasteiger partial charge on any atom is 0.255 e. The molecule has 0 radical (unpaired) electrons. The van der Waals surface area contributed by atoms with E-state index in [9.17, 15) is 9.59 Å². The van der Waals surface area contributed by atoms with Gasteiger partial charge < -0.3 is 16.0 Å². The second-order valence-electron chi connectivity index (χ2n) is 4.71. The van der Waals surface area contributed by atoms with Crippen LogP contribution in [-0.4, -0.2) is 24.9 Å². The average molecular weight is 297 g/mol. The molecule has 3 N–H and O–H groups in total. The summed E-state index contributed by atoms with van der Waals surface area (Å²) < 4.78 is 0. The number of carbonyl (C=O) groups is 2. The molecule has 0 spiro atoms. The minimum absolute atomic E-state index is 0.0683. The standard InChI is InChI=1S/C17H19N3O2/c1-2-18-16(21)12-19-14-9-6-10-15(11-14)20-17(22)13-7-4-3-5-8-13/h3-11,19H,2,12H2,1H3,(H,18,21)(H,20,22). The minimum Gasteiger partial charge on any atom is -0.376 e. The predicted molar refractivity (Wildman–Crippen MR) is 88.0 cm³/mol. The van der Waals surface area contributed by atoms with Crippen molar-refractivity contribution >= 4 is 23.2 Å². The van der Waals surface area contributed by atoms with Crippen LogP contribution in [0.3, 0.4) is 0 Å². The number of anilines is 2. The summed E-state index contributed by atoms with van der Waals surface area (Å²) in [5, 5.41) is 8.56. The summed E-state index contributed by atoms with van der Waals surface area (Å²) in [6, 6.07) is 16.3. The van der Waals surface area contributed by atoms with E-state index in [1.54, 1.807) is 24.3 Å². The maximum atomic E-state index is 12.1. The first-order valence-electron chi connectivity index (χ1n) is 7.16. The molecule has 0 aliphatic rings. The molecule has 0 saturated carbocycles. The zero-order valence-electron chi connectivity index (χ0n) is 12.4. The van der Waals surface area contributed by atoms with E-state index in [0.717, 1.165) is 5.69 Å². The lowest BCUT2D eigenvalue weighted by atomic mass is 10.2. The highest BCUT2D eigenvalue weighted by molar-refractivity contribution is 6.04. The van der Waals surface area contributed by atoms with Crippen molar-refractivity contribution in [1.82, 2.24) is 5.32 Å². The number of rotatable bonds is 6. The summed E-state index contributed by atoms with van der Waals surface area (Å²) in [7, 11) is 0. The number of hydrogen-bond acceptors (Lipinski definition) is 3. The first-order valence-corrected chi connectivity index (χ1v) is 7.16. The Morgan fingerprint density at radius 2 is 1.68 bits per heavy atom. The molecule has 0 bridgehead atoms. The van der Waals surface area contributed by atoms with E-state index in [1.807, 2.05) is 37.3 Å². The van der Waals surface area contributed by atoms with Crippen molar-refractivity contribution in [2.24, 2.45) is 0 Å². The molecule has 0 saturated heterocycles. The van der Waals surface area contributed by atoms with Gasteiger partial charge in [0.1, 0.15) is 0 Å². The van der Waals surface area contributed by atoms with Gasteiger partial charge in [-0.1, -0.05) is 24.3 Å². The van der Waals surface area contributed by atoms with Gasteiger partial charge in [0, 0.05) is 23.5 Å². The van der Waals surface area contributed by atoms with E-state index in [0.29, 0.717) is 17.8 Å². The third kappa shape index (κ3) is 4.63. The van der Waals surface area contributed by atoms with Crippen molar-refractivity contribution in [3.05, 3.63) is 60.2 Å². The quantitative estimate of drug-likeness (QED) is 0.767. The monoisotopic (exact) mass is 297 g/mol. The Hall–Kier alpha value is -2.82. The van der Waals surface area contributed by atoms with Gasteiger partial charge in [0.15, 0.2) is 0 Å². The Bertz CT molecular complexity index is 641. The van der Waals surface area contributed by atoms with E-state index in [4.69, 9.17) is 0 Å². The first kappa shape index (κ1) is 15.6. The summed E-state index contributed by atoms with van der Waals surface area (Å²) in [5.74, 6) is -0.234. The molecule has 5 nitrogen and oxygen atoms in total. The van der Waals surface area contributed by atoms with Gasteiger partial charge in [-0.15, -0.1) is 0 Å². The summed E-state index contributed by atoms with van der Waals surface area (Å²) in [4.78, 5) is 23.5. The molecule has 2 aromatic rings. The Balaban J connectivity index is 1.96. The molecule has 22 heavy (non-hydrogen) atoms. The lowest BCUT2D eigenvalue weighted by molar-refractivity contribution is -0.119. The number of carbonyl (C=O) groups excluding carboxylic acids is 2. The van der Waals surface area contributed by atoms with E-state index in [1.165, 1.54) is 0 Å². The maximum absolute atomic E-state index is 12.1. The Labute approximate surface area is 129 Å². The molecular weight excluding hydrogens is 278 g/mol. The van der Waals surface area contributed by atoms with Gasteiger partial charge in [0.2, 0.25) is 5.91 Å². The van der Waals surface area contributed by atoms with Gasteiger partial charge in [0.05, 0.1) is 6.54 Å². The smallest absolute Gasteiger partial charge is 0.255 e. The van der Waals surface area contributed by atoms with Gasteiger partial charge in [-0.05, 0) is 37.3 Å². The molecule has 5 heteroatoms. The van der Waals surface area contributed by atoms with Crippen molar-refractivity contribution in [3.63, 3.8) is 0 Å². The predicted octanol–water partition coefficient (Wildman–Crippen LogP) is 2.49. The topological polar surface area (TPSA) is 70.2 Å². The molecule has 114 valence electrons. The van der Waals surface area contributed by atoms with Gasteiger partial charge >= 0.3 is 0 Å². The number of amides is 2. The second kappa shape index (κ2) is 7.83. The van der Waals surface area contributed by atoms with Crippen molar-refractivity contribution in [2.75, 3.05) is 23.7 Å². The van der Waals surface area contributed by atoms with Crippen LogP contribution in [0.1, 0.15) is 17.3 Å². The Morgan fingerprint density at radius 1 is 0.955 bits per heavy atom. The van der Waals surface area contributed by atoms with Crippen LogP contribution in [0.4, 0.5) is 11.4 Å². The summed E-state index contributed by atoms with van der Waals surface area (Å²) in [5.41, 5.74) is 2.05. The average Bonchev–Trinajstić information content (AvgIpc) is 2.54. The van der Waals surface area contributed by atoms with Crippen molar-refractivity contribution in [3.8, 4) is 0 Å². The molecule has 2 rings (SSSR count). The Morgan fingerprint density at radius 3 is 2.41 bits per heavy atom. The van der Waals surface area contributed by atoms with Crippen molar-refractivity contribution in [1.29, 1.82) is 0 Å². The van der Waals surface area contributed by atoms with Crippen LogP contribution in [0.5, 0.6) is 0 Å². The third-order valence-electron chi connectivity index (χ3n) is 2.98. The summed E-state index contributed by atoms with van der Waals surface area (Å²) in [6.07, 6.45) is 0. The lowest BCUT2D eigenvalue weighted by Gasteiger charge is -2.09. The molecule has 0 fully saturated rings. The zero-order chi connectivity index (χ0) is 15.8. The van der Waals surface area contributed by atoms with Crippen molar-refractivity contribution < 1.29 is 9.59 Å². The number of benzene rings is 2. The van der Waals surface area contributed by atoms with Crippen LogP contribution in [0.15, 0.2) is 54.6 Å². The molecule has 0 atom stereocenters. The van der Waals surface area contributed by atoms with Crippen LogP contribution in [0, 0.1) is 0 Å². The molecule has 0 unspecified atom stereocenters. The van der Waals surface area contributed by atoms with Crippen LogP contribution in [-0.2, 0) is 4.79 Å². The largest absolute Gasteiger partial charge is 0.376 e. The van der Waals surface area contributed by atoms with E-state index in [-0.39, 0.29) is 18.4 Å². The van der Waals surface area contributed by atoms with Crippen molar-refractivity contribution in [2.45, 2.75) is 6.92 Å². The fourth-order valence-corrected chi connectivity index (χ4v) is 1.94. The normalized spacial score (nSPS) is 9.86. The van der Waals surface area contributed by atoms with E-state index >= 15 is 0 Å². The lowest BCUT2D eigenvalue weighted by Crippen LogP contribution is -2.29. The molecule has 2 amide bonds. The summed E-state index contributed by atoms with van der Waals surface area (Å²) >= 11 is 0. The first-order chi connectivity index (χ1) is 10.7. The van der Waals surface area contributed by atoms with Gasteiger partial charge in [-0.3, -0.25) is 9.59 Å². The minimum atomic E-state index is -0.165. The number of hydrogen-bond donors (Lipinski definition) is 3. The molecule has 0 aromatic heterocycles. The second-order valence-corrected chi connectivity index (χ2v) is 4.71. The highest BCUT2D eigenvalue weighted by Gasteiger charge is 2.06. The third-order valence-corrected chi connectivity index (χ3v) is 2.98. The van der Waals surface area contributed by atoms with Crippen LogP contribution < -0.4 is 16.0 Å². The van der Waals surface area contributed by atoms with Crippen LogP contribution >= 0.6 is 0 Å². The molecule has 0 aliphatic heterocycles. The molecule has 0 heterocycles. The van der Waals surface area contributed by atoms with Gasteiger partial charge in [-0.25, -0.2) is 0 Å². The van der Waals surface area contributed by atoms with Gasteiger partial charge in [-0.2, -0.15) is 0 Å². The van der Waals surface area contributed by atoms with E-state index < -0.39 is 0 Å². The number of likely N-dealkylation sites (N-methyl/N-ethyl adjacent to an activating group) is 1. The van der Waals surface area contributed by atoms with Gasteiger partial charge in [0.25, 0.3) is 5.91 Å². The SMILES string of the molecule is CCNC(=O)CNc1cccc(NC(=O)c2ccccc2)c1.